The SMILES string of the molecule is COc1ccc(NC(=O)C2CC2c2ccccc2Cl)cc1S(N)(=O)=O. The summed E-state index contributed by atoms with van der Waals surface area (Å²) in [4.78, 5) is 12.2. The number of rotatable bonds is 5. The number of sulfonamides is 1. The average Bonchev–Trinajstić information content (AvgIpc) is 3.35. The Morgan fingerprint density at radius 2 is 2.00 bits per heavy atom. The Balaban J connectivity index is 1.76. The largest absolute Gasteiger partial charge is 0.495 e. The number of nitrogens with two attached hydrogens (primary N) is 1. The molecule has 0 aliphatic heterocycles. The molecule has 1 aliphatic carbocycles. The van der Waals surface area contributed by atoms with E-state index >= 15 is 0 Å². The highest BCUT2D eigenvalue weighted by Gasteiger charge is 2.44. The van der Waals surface area contributed by atoms with Crippen LogP contribution in [0, 0.1) is 5.92 Å². The maximum absolute atomic E-state index is 12.4. The molecular formula is C17H17ClN2O4S. The van der Waals surface area contributed by atoms with Gasteiger partial charge in [-0.1, -0.05) is 29.8 Å². The molecule has 2 unspecified atom stereocenters. The third-order valence-electron chi connectivity index (χ3n) is 4.17. The third-order valence-corrected chi connectivity index (χ3v) is 5.45. The van der Waals surface area contributed by atoms with Crippen molar-refractivity contribution in [3.05, 3.63) is 53.1 Å². The van der Waals surface area contributed by atoms with Gasteiger partial charge in [0.1, 0.15) is 10.6 Å². The van der Waals surface area contributed by atoms with Gasteiger partial charge in [-0.15, -0.1) is 0 Å². The van der Waals surface area contributed by atoms with Gasteiger partial charge in [-0.25, -0.2) is 13.6 Å². The number of anilines is 1. The fourth-order valence-electron chi connectivity index (χ4n) is 2.82. The second kappa shape index (κ2) is 6.67. The van der Waals surface area contributed by atoms with Crippen LogP contribution in [0.4, 0.5) is 5.69 Å². The smallest absolute Gasteiger partial charge is 0.241 e. The molecule has 2 aromatic rings. The maximum atomic E-state index is 12.4. The number of hydrogen-bond acceptors (Lipinski definition) is 4. The van der Waals surface area contributed by atoms with Crippen molar-refractivity contribution in [3.8, 4) is 5.75 Å². The fourth-order valence-corrected chi connectivity index (χ4v) is 3.81. The summed E-state index contributed by atoms with van der Waals surface area (Å²) in [5.41, 5.74) is 1.30. The van der Waals surface area contributed by atoms with Crippen LogP contribution in [0.5, 0.6) is 5.75 Å². The van der Waals surface area contributed by atoms with E-state index in [2.05, 4.69) is 5.32 Å². The Morgan fingerprint density at radius 3 is 2.64 bits per heavy atom. The van der Waals surface area contributed by atoms with Crippen LogP contribution in [0.25, 0.3) is 0 Å². The molecule has 0 spiro atoms. The molecule has 8 heteroatoms. The first kappa shape index (κ1) is 17.7. The zero-order valence-electron chi connectivity index (χ0n) is 13.4. The van der Waals surface area contributed by atoms with E-state index in [1.807, 2.05) is 18.2 Å². The Morgan fingerprint density at radius 1 is 1.28 bits per heavy atom. The summed E-state index contributed by atoms with van der Waals surface area (Å²) >= 11 is 6.17. The number of hydrogen-bond donors (Lipinski definition) is 2. The van der Waals surface area contributed by atoms with Crippen molar-refractivity contribution in [1.82, 2.24) is 0 Å². The second-order valence-electron chi connectivity index (χ2n) is 5.87. The van der Waals surface area contributed by atoms with Crippen molar-refractivity contribution in [3.63, 3.8) is 0 Å². The van der Waals surface area contributed by atoms with Crippen molar-refractivity contribution < 1.29 is 17.9 Å². The molecule has 2 atom stereocenters. The van der Waals surface area contributed by atoms with Crippen molar-refractivity contribution in [2.75, 3.05) is 12.4 Å². The van der Waals surface area contributed by atoms with Gasteiger partial charge in [-0.05, 0) is 42.2 Å². The number of methoxy groups -OCH3 is 1. The summed E-state index contributed by atoms with van der Waals surface area (Å²) in [5, 5.41) is 8.56. The fraction of sp³-hybridized carbons (Fsp3) is 0.235. The quantitative estimate of drug-likeness (QED) is 0.833. The van der Waals surface area contributed by atoms with E-state index in [9.17, 15) is 13.2 Å². The van der Waals surface area contributed by atoms with Gasteiger partial charge < -0.3 is 10.1 Å². The standard InChI is InChI=1S/C17H17ClN2O4S/c1-24-15-7-6-10(8-16(15)25(19,22)23)20-17(21)13-9-12(13)11-4-2-3-5-14(11)18/h2-8,12-13H,9H2,1H3,(H,20,21)(H2,19,22,23). The molecule has 1 fully saturated rings. The van der Waals surface area contributed by atoms with Gasteiger partial charge >= 0.3 is 0 Å². The molecule has 1 saturated carbocycles. The number of nitrogens with one attached hydrogen (secondary N) is 1. The topological polar surface area (TPSA) is 98.5 Å². The van der Waals surface area contributed by atoms with Crippen molar-refractivity contribution in [2.24, 2.45) is 11.1 Å². The van der Waals surface area contributed by atoms with Crippen LogP contribution in [0.1, 0.15) is 17.9 Å². The molecule has 2 aromatic carbocycles. The van der Waals surface area contributed by atoms with Crippen LogP contribution >= 0.6 is 11.6 Å². The van der Waals surface area contributed by atoms with E-state index in [1.54, 1.807) is 12.1 Å². The molecule has 0 saturated heterocycles. The van der Waals surface area contributed by atoms with Crippen molar-refractivity contribution in [2.45, 2.75) is 17.2 Å². The predicted molar refractivity (Wildman–Crippen MR) is 95.3 cm³/mol. The van der Waals surface area contributed by atoms with Crippen LogP contribution in [0.15, 0.2) is 47.4 Å². The summed E-state index contributed by atoms with van der Waals surface area (Å²) in [5.74, 6) is -0.180. The zero-order chi connectivity index (χ0) is 18.2. The van der Waals surface area contributed by atoms with E-state index in [-0.39, 0.29) is 28.4 Å². The highest BCUT2D eigenvalue weighted by atomic mass is 35.5. The van der Waals surface area contributed by atoms with E-state index in [0.29, 0.717) is 17.1 Å². The summed E-state index contributed by atoms with van der Waals surface area (Å²) in [6, 6.07) is 11.7. The summed E-state index contributed by atoms with van der Waals surface area (Å²) < 4.78 is 28.3. The van der Waals surface area contributed by atoms with Crippen molar-refractivity contribution in [1.29, 1.82) is 0 Å². The van der Waals surface area contributed by atoms with Gasteiger partial charge in [0, 0.05) is 16.6 Å². The van der Waals surface area contributed by atoms with E-state index in [1.165, 1.54) is 19.2 Å². The molecule has 3 rings (SSSR count). The Hall–Kier alpha value is -2.09. The van der Waals surface area contributed by atoms with Crippen LogP contribution in [0.2, 0.25) is 5.02 Å². The van der Waals surface area contributed by atoms with E-state index in [0.717, 1.165) is 5.56 Å². The number of amides is 1. The number of primary sulfonamides is 1. The summed E-state index contributed by atoms with van der Waals surface area (Å²) in [7, 11) is -2.61. The number of benzene rings is 2. The molecule has 1 amide bonds. The number of halogens is 1. The Bertz CT molecular complexity index is 930. The molecular weight excluding hydrogens is 364 g/mol. The highest BCUT2D eigenvalue weighted by molar-refractivity contribution is 7.89. The van der Waals surface area contributed by atoms with Crippen molar-refractivity contribution >= 4 is 33.2 Å². The molecule has 1 aliphatic rings. The van der Waals surface area contributed by atoms with E-state index < -0.39 is 10.0 Å². The number of carbonyl (C=O) groups excluding carboxylic acids is 1. The molecule has 132 valence electrons. The predicted octanol–water partition coefficient (Wildman–Crippen LogP) is 2.74. The van der Waals surface area contributed by atoms with Crippen LogP contribution in [0.3, 0.4) is 0 Å². The summed E-state index contributed by atoms with van der Waals surface area (Å²) in [6.45, 7) is 0. The Labute approximate surface area is 151 Å². The minimum absolute atomic E-state index is 0.0738. The van der Waals surface area contributed by atoms with Crippen LogP contribution < -0.4 is 15.2 Å². The number of ether oxygens (including phenoxy) is 1. The van der Waals surface area contributed by atoms with Crippen LogP contribution in [-0.2, 0) is 14.8 Å². The molecule has 25 heavy (non-hydrogen) atoms. The number of carbonyl (C=O) groups is 1. The summed E-state index contributed by atoms with van der Waals surface area (Å²) in [6.07, 6.45) is 0.702. The van der Waals surface area contributed by atoms with Gasteiger partial charge in [0.25, 0.3) is 0 Å². The van der Waals surface area contributed by atoms with Crippen LogP contribution in [-0.4, -0.2) is 21.4 Å². The Kier molecular flexibility index (Phi) is 4.73. The molecule has 3 N–H and O–H groups in total. The first-order valence-corrected chi connectivity index (χ1v) is 9.50. The van der Waals surface area contributed by atoms with Gasteiger partial charge in [0.05, 0.1) is 7.11 Å². The average molecular weight is 381 g/mol. The van der Waals surface area contributed by atoms with Gasteiger partial charge in [-0.2, -0.15) is 0 Å². The normalized spacial score (nSPS) is 19.3. The molecule has 0 aromatic heterocycles. The molecule has 0 bridgehead atoms. The van der Waals surface area contributed by atoms with E-state index in [4.69, 9.17) is 21.5 Å². The lowest BCUT2D eigenvalue weighted by Crippen LogP contribution is -2.17. The van der Waals surface area contributed by atoms with Gasteiger partial charge in [0.2, 0.25) is 15.9 Å². The molecule has 6 nitrogen and oxygen atoms in total. The lowest BCUT2D eigenvalue weighted by Gasteiger charge is -2.10. The minimum Gasteiger partial charge on any atom is -0.495 e. The lowest BCUT2D eigenvalue weighted by molar-refractivity contribution is -0.117. The molecule has 0 radical (unpaired) electrons. The third kappa shape index (κ3) is 3.78. The maximum Gasteiger partial charge on any atom is 0.241 e. The zero-order valence-corrected chi connectivity index (χ0v) is 15.0. The monoisotopic (exact) mass is 380 g/mol. The first-order chi connectivity index (χ1) is 11.8. The second-order valence-corrected chi connectivity index (χ2v) is 7.81. The first-order valence-electron chi connectivity index (χ1n) is 7.57. The van der Waals surface area contributed by atoms with Gasteiger partial charge in [-0.3, -0.25) is 4.79 Å². The molecule has 0 heterocycles. The van der Waals surface area contributed by atoms with Gasteiger partial charge in [0.15, 0.2) is 0 Å². The highest BCUT2D eigenvalue weighted by Crippen LogP contribution is 2.50. The minimum atomic E-state index is -3.96. The lowest BCUT2D eigenvalue weighted by atomic mass is 10.1.